The summed E-state index contributed by atoms with van der Waals surface area (Å²) in [7, 11) is 0. The first-order chi connectivity index (χ1) is 13.6. The molecule has 0 saturated heterocycles. The second-order valence-corrected chi connectivity index (χ2v) is 7.76. The molecule has 0 bridgehead atoms. The molecule has 4 nitrogen and oxygen atoms in total. The number of aliphatic hydroxyl groups excluding tert-OH is 1. The van der Waals surface area contributed by atoms with E-state index >= 15 is 0 Å². The largest absolute Gasteiger partial charge is 0.387 e. The highest BCUT2D eigenvalue weighted by molar-refractivity contribution is 5.85. The Bertz CT molecular complexity index is 1030. The van der Waals surface area contributed by atoms with E-state index in [4.69, 9.17) is 0 Å². The molecule has 3 aromatic rings. The van der Waals surface area contributed by atoms with Gasteiger partial charge in [-0.05, 0) is 65.6 Å². The number of aryl methyl sites for hydroxylation is 2. The molecule has 0 spiro atoms. The molecule has 0 saturated carbocycles. The summed E-state index contributed by atoms with van der Waals surface area (Å²) in [4.78, 5) is 14.4. The molecular weight excluding hydrogens is 384 g/mol. The maximum atomic E-state index is 11.5. The minimum Gasteiger partial charge on any atom is -0.387 e. The number of hydrogen-bond donors (Lipinski definition) is 3. The lowest BCUT2D eigenvalue weighted by Crippen LogP contribution is -2.33. The maximum Gasteiger partial charge on any atom is 0.248 e. The molecule has 2 aromatic carbocycles. The van der Waals surface area contributed by atoms with E-state index in [1.807, 2.05) is 18.2 Å². The first kappa shape index (κ1) is 21.6. The molecule has 0 amide bonds. The van der Waals surface area contributed by atoms with Crippen molar-refractivity contribution < 1.29 is 5.11 Å². The zero-order valence-electron chi connectivity index (χ0n) is 17.0. The Morgan fingerprint density at radius 1 is 1.07 bits per heavy atom. The summed E-state index contributed by atoms with van der Waals surface area (Å²) in [6, 6.07) is 14.1. The lowest BCUT2D eigenvalue weighted by atomic mass is 9.97. The zero-order chi connectivity index (χ0) is 19.7. The van der Waals surface area contributed by atoms with E-state index in [0.29, 0.717) is 12.6 Å². The fourth-order valence-electron chi connectivity index (χ4n) is 4.47. The summed E-state index contributed by atoms with van der Waals surface area (Å²) >= 11 is 0. The average Bonchev–Trinajstić information content (AvgIpc) is 3.11. The van der Waals surface area contributed by atoms with Crippen LogP contribution in [0.1, 0.15) is 47.8 Å². The molecule has 1 aliphatic rings. The predicted octanol–water partition coefficient (Wildman–Crippen LogP) is 3.87. The van der Waals surface area contributed by atoms with Crippen LogP contribution in [0.25, 0.3) is 10.9 Å². The number of benzene rings is 2. The molecule has 0 radical (unpaired) electrons. The minimum absolute atomic E-state index is 0. The third-order valence-corrected chi connectivity index (χ3v) is 5.97. The minimum atomic E-state index is -0.615. The first-order valence-electron chi connectivity index (χ1n) is 10.3. The van der Waals surface area contributed by atoms with Gasteiger partial charge in [0.1, 0.15) is 0 Å². The fourth-order valence-corrected chi connectivity index (χ4v) is 4.47. The number of halogens is 1. The highest BCUT2D eigenvalue weighted by Gasteiger charge is 2.23. The Balaban J connectivity index is 0.00000240. The van der Waals surface area contributed by atoms with E-state index in [2.05, 4.69) is 36.3 Å². The van der Waals surface area contributed by atoms with Gasteiger partial charge >= 0.3 is 0 Å². The Morgan fingerprint density at radius 3 is 2.34 bits per heavy atom. The number of H-pyrrole nitrogens is 1. The van der Waals surface area contributed by atoms with Crippen molar-refractivity contribution in [2.45, 2.75) is 51.7 Å². The van der Waals surface area contributed by atoms with Crippen LogP contribution in [-0.4, -0.2) is 22.7 Å². The van der Waals surface area contributed by atoms with Gasteiger partial charge in [-0.25, -0.2) is 0 Å². The van der Waals surface area contributed by atoms with Gasteiger partial charge < -0.3 is 15.4 Å². The van der Waals surface area contributed by atoms with Gasteiger partial charge in [0.25, 0.3) is 0 Å². The van der Waals surface area contributed by atoms with Crippen LogP contribution in [0.3, 0.4) is 0 Å². The second kappa shape index (κ2) is 9.12. The van der Waals surface area contributed by atoms with Gasteiger partial charge in [-0.2, -0.15) is 0 Å². The number of aromatic nitrogens is 1. The second-order valence-electron chi connectivity index (χ2n) is 7.76. The molecular formula is C24H29ClN2O2. The summed E-state index contributed by atoms with van der Waals surface area (Å²) < 4.78 is 0. The molecule has 1 atom stereocenters. The van der Waals surface area contributed by atoms with Crippen LogP contribution >= 0.6 is 12.4 Å². The van der Waals surface area contributed by atoms with Gasteiger partial charge in [-0.3, -0.25) is 4.79 Å². The molecule has 5 heteroatoms. The van der Waals surface area contributed by atoms with Crippen molar-refractivity contribution in [3.8, 4) is 0 Å². The van der Waals surface area contributed by atoms with Crippen LogP contribution < -0.4 is 10.9 Å². The fraction of sp³-hybridized carbons (Fsp3) is 0.375. The van der Waals surface area contributed by atoms with E-state index in [1.165, 1.54) is 28.3 Å². The average molecular weight is 413 g/mol. The quantitative estimate of drug-likeness (QED) is 0.576. The molecule has 154 valence electrons. The molecule has 1 heterocycles. The van der Waals surface area contributed by atoms with Crippen LogP contribution in [0, 0.1) is 0 Å². The Morgan fingerprint density at radius 2 is 1.72 bits per heavy atom. The van der Waals surface area contributed by atoms with Crippen molar-refractivity contribution in [2.75, 3.05) is 6.54 Å². The first-order valence-corrected chi connectivity index (χ1v) is 10.3. The molecule has 1 aromatic heterocycles. The monoisotopic (exact) mass is 412 g/mol. The predicted molar refractivity (Wildman–Crippen MR) is 121 cm³/mol. The number of rotatable bonds is 6. The number of aliphatic hydroxyl groups is 1. The van der Waals surface area contributed by atoms with Crippen molar-refractivity contribution in [3.05, 3.63) is 80.6 Å². The topological polar surface area (TPSA) is 65.1 Å². The Hall–Kier alpha value is -2.14. The van der Waals surface area contributed by atoms with E-state index < -0.39 is 6.10 Å². The molecule has 0 fully saturated rings. The molecule has 0 unspecified atom stereocenters. The summed E-state index contributed by atoms with van der Waals surface area (Å²) in [5.74, 6) is 0. The van der Waals surface area contributed by atoms with Crippen LogP contribution in [0.5, 0.6) is 0 Å². The number of aromatic amines is 1. The molecule has 1 aliphatic carbocycles. The van der Waals surface area contributed by atoms with Gasteiger partial charge in [0.2, 0.25) is 5.56 Å². The number of fused-ring (bicyclic) bond motifs is 2. The van der Waals surface area contributed by atoms with Crippen LogP contribution in [-0.2, 0) is 25.7 Å². The number of nitrogens with one attached hydrogen (secondary N) is 2. The van der Waals surface area contributed by atoms with Crippen molar-refractivity contribution in [3.63, 3.8) is 0 Å². The lowest BCUT2D eigenvalue weighted by Gasteiger charge is -2.18. The maximum absolute atomic E-state index is 11.5. The SMILES string of the molecule is CCc1cc2c(cc1CC)CC(NC[C@H](O)c1cccc3[nH]c(=O)ccc13)C2.Cl. The smallest absolute Gasteiger partial charge is 0.248 e. The lowest BCUT2D eigenvalue weighted by molar-refractivity contribution is 0.171. The third kappa shape index (κ3) is 4.40. The molecule has 4 rings (SSSR count). The van der Waals surface area contributed by atoms with E-state index in [0.717, 1.165) is 42.1 Å². The third-order valence-electron chi connectivity index (χ3n) is 5.97. The summed E-state index contributed by atoms with van der Waals surface area (Å²) in [6.45, 7) is 4.94. The summed E-state index contributed by atoms with van der Waals surface area (Å²) in [6.07, 6.45) is 3.58. The van der Waals surface area contributed by atoms with Gasteiger partial charge in [-0.1, -0.05) is 38.1 Å². The molecule has 0 aliphatic heterocycles. The van der Waals surface area contributed by atoms with Crippen molar-refractivity contribution in [2.24, 2.45) is 0 Å². The zero-order valence-corrected chi connectivity index (χ0v) is 17.8. The van der Waals surface area contributed by atoms with Gasteiger partial charge in [0, 0.05) is 29.6 Å². The van der Waals surface area contributed by atoms with Crippen molar-refractivity contribution in [1.82, 2.24) is 10.3 Å². The highest BCUT2D eigenvalue weighted by atomic mass is 35.5. The van der Waals surface area contributed by atoms with Crippen molar-refractivity contribution >= 4 is 23.3 Å². The Kier molecular flexibility index (Phi) is 6.78. The van der Waals surface area contributed by atoms with E-state index in [9.17, 15) is 9.90 Å². The van der Waals surface area contributed by atoms with E-state index in [-0.39, 0.29) is 18.0 Å². The van der Waals surface area contributed by atoms with Gasteiger partial charge in [-0.15, -0.1) is 12.4 Å². The normalized spacial score (nSPS) is 14.6. The van der Waals surface area contributed by atoms with Gasteiger partial charge in [0.05, 0.1) is 6.10 Å². The molecule has 3 N–H and O–H groups in total. The number of pyridine rings is 1. The van der Waals surface area contributed by atoms with Crippen LogP contribution in [0.4, 0.5) is 0 Å². The molecule has 29 heavy (non-hydrogen) atoms. The van der Waals surface area contributed by atoms with Crippen LogP contribution in [0.15, 0.2) is 47.3 Å². The summed E-state index contributed by atoms with van der Waals surface area (Å²) in [5, 5.41) is 15.2. The van der Waals surface area contributed by atoms with Crippen LogP contribution in [0.2, 0.25) is 0 Å². The Labute approximate surface area is 177 Å². The van der Waals surface area contributed by atoms with E-state index in [1.54, 1.807) is 6.07 Å². The standard InChI is InChI=1S/C24H28N2O2.ClH/c1-3-15-10-17-12-19(13-18(17)11-16(15)4-2)25-14-23(27)21-6-5-7-22-20(21)8-9-24(28)26-22;/h5-11,19,23,25,27H,3-4,12-14H2,1-2H3,(H,26,28);1H/t23-;/m0./s1. The van der Waals surface area contributed by atoms with Crippen molar-refractivity contribution in [1.29, 1.82) is 0 Å². The highest BCUT2D eigenvalue weighted by Crippen LogP contribution is 2.28. The van der Waals surface area contributed by atoms with Gasteiger partial charge in [0.15, 0.2) is 0 Å². The number of hydrogen-bond acceptors (Lipinski definition) is 3. The summed E-state index contributed by atoms with van der Waals surface area (Å²) in [5.41, 5.74) is 7.31.